The van der Waals surface area contributed by atoms with Crippen molar-refractivity contribution in [2.24, 2.45) is 4.99 Å². The number of aryl methyl sites for hydroxylation is 1. The summed E-state index contributed by atoms with van der Waals surface area (Å²) in [5.74, 6) is 2.95. The van der Waals surface area contributed by atoms with Crippen molar-refractivity contribution in [3.8, 4) is 0 Å². The van der Waals surface area contributed by atoms with Crippen LogP contribution in [-0.4, -0.2) is 46.3 Å². The molecule has 0 aliphatic carbocycles. The molecule has 1 aromatic heterocycles. The van der Waals surface area contributed by atoms with Crippen LogP contribution < -0.4 is 10.6 Å². The van der Waals surface area contributed by atoms with Crippen molar-refractivity contribution in [3.05, 3.63) is 12.2 Å². The zero-order valence-corrected chi connectivity index (χ0v) is 12.8. The summed E-state index contributed by atoms with van der Waals surface area (Å²) in [5.41, 5.74) is 0. The Hall–Kier alpha value is -1.24. The average molecular weight is 284 g/mol. The van der Waals surface area contributed by atoms with Crippen molar-refractivity contribution in [1.29, 1.82) is 0 Å². The van der Waals surface area contributed by atoms with Crippen molar-refractivity contribution in [3.63, 3.8) is 0 Å². The predicted octanol–water partition coefficient (Wildman–Crippen LogP) is 1.11. The van der Waals surface area contributed by atoms with Gasteiger partial charge in [-0.05, 0) is 31.8 Å². The fourth-order valence-electron chi connectivity index (χ4n) is 1.64. The Bertz CT molecular complexity index is 376. The number of hydrogen-bond acceptors (Lipinski definition) is 4. The van der Waals surface area contributed by atoms with E-state index in [1.807, 2.05) is 16.3 Å². The Morgan fingerprint density at radius 1 is 1.42 bits per heavy atom. The van der Waals surface area contributed by atoms with E-state index >= 15 is 0 Å². The molecule has 0 bridgehead atoms. The molecule has 0 aliphatic heterocycles. The first-order chi connectivity index (χ1) is 9.31. The lowest BCUT2D eigenvalue weighted by Gasteiger charge is -2.11. The van der Waals surface area contributed by atoms with Crippen LogP contribution in [0, 0.1) is 0 Å². The van der Waals surface area contributed by atoms with Crippen molar-refractivity contribution in [1.82, 2.24) is 25.4 Å². The maximum atomic E-state index is 4.19. The highest BCUT2D eigenvalue weighted by atomic mass is 32.2. The predicted molar refractivity (Wildman–Crippen MR) is 81.5 cm³/mol. The quantitative estimate of drug-likeness (QED) is 0.425. The third-order valence-corrected chi connectivity index (χ3v) is 3.44. The van der Waals surface area contributed by atoms with Crippen LogP contribution >= 0.6 is 11.8 Å². The molecule has 0 aromatic carbocycles. The van der Waals surface area contributed by atoms with Crippen LogP contribution in [0.25, 0.3) is 0 Å². The number of aliphatic imine (C=N–C) groups is 1. The normalized spacial score (nSPS) is 11.6. The first-order valence-electron chi connectivity index (χ1n) is 6.62. The lowest BCUT2D eigenvalue weighted by molar-refractivity contribution is 0.665. The molecule has 7 heteroatoms. The molecule has 1 rings (SSSR count). The van der Waals surface area contributed by atoms with Gasteiger partial charge in [-0.1, -0.05) is 0 Å². The van der Waals surface area contributed by atoms with Crippen LogP contribution in [0.2, 0.25) is 0 Å². The van der Waals surface area contributed by atoms with Gasteiger partial charge in [0.15, 0.2) is 11.8 Å². The van der Waals surface area contributed by atoms with Gasteiger partial charge in [0, 0.05) is 20.1 Å². The molecule has 0 spiro atoms. The number of rotatable bonds is 8. The highest BCUT2D eigenvalue weighted by Crippen LogP contribution is 1.98. The van der Waals surface area contributed by atoms with Crippen molar-refractivity contribution < 1.29 is 0 Å². The fourth-order valence-corrected chi connectivity index (χ4v) is 2.13. The van der Waals surface area contributed by atoms with Gasteiger partial charge in [-0.3, -0.25) is 4.99 Å². The van der Waals surface area contributed by atoms with Crippen LogP contribution in [0.1, 0.15) is 25.6 Å². The molecule has 0 radical (unpaired) electrons. The van der Waals surface area contributed by atoms with Gasteiger partial charge in [0.05, 0.1) is 6.54 Å². The highest BCUT2D eigenvalue weighted by molar-refractivity contribution is 7.98. The van der Waals surface area contributed by atoms with Crippen molar-refractivity contribution >= 4 is 17.7 Å². The van der Waals surface area contributed by atoms with Gasteiger partial charge in [0.2, 0.25) is 0 Å². The van der Waals surface area contributed by atoms with E-state index in [-0.39, 0.29) is 0 Å². The molecule has 6 nitrogen and oxygen atoms in total. The summed E-state index contributed by atoms with van der Waals surface area (Å²) in [4.78, 5) is 4.19. The summed E-state index contributed by atoms with van der Waals surface area (Å²) in [6, 6.07) is 0. The largest absolute Gasteiger partial charge is 0.356 e. The Labute approximate surface area is 119 Å². The number of thioether (sulfide) groups is 1. The summed E-state index contributed by atoms with van der Waals surface area (Å²) < 4.78 is 2.01. The maximum Gasteiger partial charge on any atom is 0.191 e. The summed E-state index contributed by atoms with van der Waals surface area (Å²) >= 11 is 1.89. The third kappa shape index (κ3) is 5.96. The molecular weight excluding hydrogens is 260 g/mol. The molecule has 0 saturated heterocycles. The Morgan fingerprint density at radius 2 is 2.26 bits per heavy atom. The molecule has 2 N–H and O–H groups in total. The lowest BCUT2D eigenvalue weighted by Crippen LogP contribution is -2.37. The van der Waals surface area contributed by atoms with E-state index in [0.29, 0.717) is 6.54 Å². The summed E-state index contributed by atoms with van der Waals surface area (Å²) in [7, 11) is 1.78. The first-order valence-corrected chi connectivity index (χ1v) is 8.01. The third-order valence-electron chi connectivity index (χ3n) is 2.74. The van der Waals surface area contributed by atoms with E-state index in [0.717, 1.165) is 31.3 Å². The van der Waals surface area contributed by atoms with E-state index in [2.05, 4.69) is 39.0 Å². The van der Waals surface area contributed by atoms with Crippen LogP contribution in [0.15, 0.2) is 11.3 Å². The van der Waals surface area contributed by atoms with Crippen LogP contribution in [-0.2, 0) is 13.1 Å². The minimum atomic E-state index is 0.637. The Morgan fingerprint density at radius 3 is 2.95 bits per heavy atom. The highest BCUT2D eigenvalue weighted by Gasteiger charge is 2.03. The van der Waals surface area contributed by atoms with E-state index < -0.39 is 0 Å². The molecule has 0 atom stereocenters. The van der Waals surface area contributed by atoms with Crippen LogP contribution in [0.3, 0.4) is 0 Å². The molecule has 0 aliphatic rings. The van der Waals surface area contributed by atoms with Gasteiger partial charge in [-0.25, -0.2) is 0 Å². The second kappa shape index (κ2) is 9.66. The molecule has 108 valence electrons. The Balaban J connectivity index is 2.25. The van der Waals surface area contributed by atoms with E-state index in [1.165, 1.54) is 12.2 Å². The van der Waals surface area contributed by atoms with Crippen LogP contribution in [0.4, 0.5) is 0 Å². The SMILES string of the molecule is CCn1cnnc1CNC(=NC)NCCCCSC. The minimum absolute atomic E-state index is 0.637. The van der Waals surface area contributed by atoms with Crippen molar-refractivity contribution in [2.45, 2.75) is 32.9 Å². The van der Waals surface area contributed by atoms with Gasteiger partial charge >= 0.3 is 0 Å². The molecule has 0 saturated carbocycles. The summed E-state index contributed by atoms with van der Waals surface area (Å²) in [6.45, 7) is 4.54. The van der Waals surface area contributed by atoms with Crippen molar-refractivity contribution in [2.75, 3.05) is 25.6 Å². The summed E-state index contributed by atoms with van der Waals surface area (Å²) in [5, 5.41) is 14.5. The van der Waals surface area contributed by atoms with Gasteiger partial charge < -0.3 is 15.2 Å². The maximum absolute atomic E-state index is 4.19. The average Bonchev–Trinajstić information content (AvgIpc) is 2.89. The second-order valence-corrected chi connectivity index (χ2v) is 5.07. The molecule has 1 heterocycles. The van der Waals surface area contributed by atoms with Gasteiger partial charge in [0.1, 0.15) is 6.33 Å². The second-order valence-electron chi connectivity index (χ2n) is 4.09. The molecule has 1 aromatic rings. The smallest absolute Gasteiger partial charge is 0.191 e. The van der Waals surface area contributed by atoms with Gasteiger partial charge in [-0.15, -0.1) is 10.2 Å². The minimum Gasteiger partial charge on any atom is -0.356 e. The van der Waals surface area contributed by atoms with Gasteiger partial charge in [0.25, 0.3) is 0 Å². The number of guanidine groups is 1. The van der Waals surface area contributed by atoms with E-state index in [9.17, 15) is 0 Å². The van der Waals surface area contributed by atoms with Gasteiger partial charge in [-0.2, -0.15) is 11.8 Å². The number of aromatic nitrogens is 3. The molecule has 0 fully saturated rings. The number of unbranched alkanes of at least 4 members (excludes halogenated alkanes) is 1. The fraction of sp³-hybridized carbons (Fsp3) is 0.750. The summed E-state index contributed by atoms with van der Waals surface area (Å²) in [6.07, 6.45) is 6.27. The molecule has 0 amide bonds. The van der Waals surface area contributed by atoms with E-state index in [1.54, 1.807) is 13.4 Å². The van der Waals surface area contributed by atoms with Crippen LogP contribution in [0.5, 0.6) is 0 Å². The number of hydrogen-bond donors (Lipinski definition) is 2. The lowest BCUT2D eigenvalue weighted by atomic mass is 10.3. The monoisotopic (exact) mass is 284 g/mol. The first kappa shape index (κ1) is 15.8. The zero-order valence-electron chi connectivity index (χ0n) is 12.0. The zero-order chi connectivity index (χ0) is 13.9. The molecular formula is C12H24N6S. The van der Waals surface area contributed by atoms with E-state index in [4.69, 9.17) is 0 Å². The standard InChI is InChI=1S/C12H24N6S/c1-4-18-10-16-17-11(18)9-15-12(13-2)14-7-5-6-8-19-3/h10H,4-9H2,1-3H3,(H2,13,14,15). The number of nitrogens with zero attached hydrogens (tertiary/aromatic N) is 4. The molecule has 19 heavy (non-hydrogen) atoms. The molecule has 0 unspecified atom stereocenters. The topological polar surface area (TPSA) is 67.1 Å². The number of nitrogens with one attached hydrogen (secondary N) is 2. The Kier molecular flexibility index (Phi) is 8.04.